The van der Waals surface area contributed by atoms with E-state index in [1.165, 1.54) is 0 Å². The van der Waals surface area contributed by atoms with E-state index in [1.54, 1.807) is 7.05 Å². The Bertz CT molecular complexity index is 299. The van der Waals surface area contributed by atoms with Crippen molar-refractivity contribution in [3.05, 3.63) is 0 Å². The second-order valence-corrected chi connectivity index (χ2v) is 5.76. The van der Waals surface area contributed by atoms with Gasteiger partial charge in [0.05, 0.1) is 0 Å². The number of likely N-dealkylation sites (N-methyl/N-ethyl adjacent to an activating group) is 1. The Hall–Kier alpha value is -1.10. The summed E-state index contributed by atoms with van der Waals surface area (Å²) in [5.41, 5.74) is 0. The Balaban J connectivity index is 2.34. The lowest BCUT2D eigenvalue weighted by Gasteiger charge is -2.19. The van der Waals surface area contributed by atoms with Crippen LogP contribution in [0.5, 0.6) is 0 Å². The van der Waals surface area contributed by atoms with Gasteiger partial charge in [-0.1, -0.05) is 13.8 Å². The normalized spacial score (nSPS) is 20.3. The molecule has 5 nitrogen and oxygen atoms in total. The highest BCUT2D eigenvalue weighted by atomic mass is 16.2. The van der Waals surface area contributed by atoms with Gasteiger partial charge in [0.15, 0.2) is 0 Å². The molecule has 2 amide bonds. The van der Waals surface area contributed by atoms with Crippen molar-refractivity contribution in [1.29, 1.82) is 0 Å². The molecule has 1 saturated heterocycles. The fourth-order valence-corrected chi connectivity index (χ4v) is 2.44. The lowest BCUT2D eigenvalue weighted by molar-refractivity contribution is -0.129. The van der Waals surface area contributed by atoms with Crippen LogP contribution in [0.2, 0.25) is 0 Å². The fourth-order valence-electron chi connectivity index (χ4n) is 2.44. The molecule has 0 aromatic heterocycles. The average Bonchev–Trinajstić information content (AvgIpc) is 2.87. The second kappa shape index (κ2) is 8.15. The highest BCUT2D eigenvalue weighted by molar-refractivity contribution is 5.87. The van der Waals surface area contributed by atoms with Crippen molar-refractivity contribution < 1.29 is 9.59 Å². The van der Waals surface area contributed by atoms with Crippen LogP contribution in [0.25, 0.3) is 0 Å². The first-order valence-corrected chi connectivity index (χ1v) is 7.24. The molecule has 0 spiro atoms. The Morgan fingerprint density at radius 2 is 2.11 bits per heavy atom. The Morgan fingerprint density at radius 1 is 1.37 bits per heavy atom. The highest BCUT2D eigenvalue weighted by Crippen LogP contribution is 2.14. The molecular weight excluding hydrogens is 242 g/mol. The van der Waals surface area contributed by atoms with Crippen LogP contribution >= 0.6 is 0 Å². The average molecular weight is 269 g/mol. The monoisotopic (exact) mass is 269 g/mol. The molecule has 0 aromatic carbocycles. The second-order valence-electron chi connectivity index (χ2n) is 5.76. The highest BCUT2D eigenvalue weighted by Gasteiger charge is 2.22. The largest absolute Gasteiger partial charge is 0.357 e. The number of carbonyl (C=O) groups is 2. The molecule has 0 radical (unpaired) electrons. The molecule has 5 heteroatoms. The number of amides is 2. The van der Waals surface area contributed by atoms with Gasteiger partial charge in [-0.05, 0) is 44.2 Å². The zero-order valence-electron chi connectivity index (χ0n) is 12.3. The Morgan fingerprint density at radius 3 is 2.63 bits per heavy atom. The van der Waals surface area contributed by atoms with Gasteiger partial charge >= 0.3 is 0 Å². The molecule has 1 aliphatic heterocycles. The third-order valence-electron chi connectivity index (χ3n) is 3.55. The van der Waals surface area contributed by atoms with Gasteiger partial charge in [0.2, 0.25) is 11.8 Å². The minimum absolute atomic E-state index is 0.0128. The van der Waals surface area contributed by atoms with Gasteiger partial charge in [-0.25, -0.2) is 0 Å². The molecule has 2 unspecified atom stereocenters. The van der Waals surface area contributed by atoms with Crippen molar-refractivity contribution in [2.45, 2.75) is 45.6 Å². The summed E-state index contributed by atoms with van der Waals surface area (Å²) >= 11 is 0. The SMILES string of the molecule is CNC(=O)C(CC(C)C)NC(=O)CCC1CCNC1. The van der Waals surface area contributed by atoms with Crippen LogP contribution in [0.1, 0.15) is 39.5 Å². The molecule has 1 heterocycles. The smallest absolute Gasteiger partial charge is 0.242 e. The number of nitrogens with one attached hydrogen (secondary N) is 3. The van der Waals surface area contributed by atoms with Crippen LogP contribution < -0.4 is 16.0 Å². The first-order valence-electron chi connectivity index (χ1n) is 7.24. The third-order valence-corrected chi connectivity index (χ3v) is 3.55. The summed E-state index contributed by atoms with van der Waals surface area (Å²) in [5.74, 6) is 0.863. The van der Waals surface area contributed by atoms with E-state index in [9.17, 15) is 9.59 Å². The molecule has 0 bridgehead atoms. The molecule has 1 rings (SSSR count). The Kier molecular flexibility index (Phi) is 6.84. The number of hydrogen-bond acceptors (Lipinski definition) is 3. The lowest BCUT2D eigenvalue weighted by atomic mass is 10.0. The number of carbonyl (C=O) groups excluding carboxylic acids is 2. The van der Waals surface area contributed by atoms with Crippen LogP contribution in [0.15, 0.2) is 0 Å². The van der Waals surface area contributed by atoms with Crippen LogP contribution in [0.3, 0.4) is 0 Å². The topological polar surface area (TPSA) is 70.2 Å². The Labute approximate surface area is 115 Å². The van der Waals surface area contributed by atoms with Gasteiger partial charge in [-0.3, -0.25) is 9.59 Å². The van der Waals surface area contributed by atoms with Gasteiger partial charge in [-0.15, -0.1) is 0 Å². The van der Waals surface area contributed by atoms with Crippen LogP contribution in [-0.2, 0) is 9.59 Å². The molecule has 3 N–H and O–H groups in total. The maximum atomic E-state index is 11.9. The van der Waals surface area contributed by atoms with E-state index >= 15 is 0 Å². The molecule has 110 valence electrons. The van der Waals surface area contributed by atoms with Gasteiger partial charge in [0.1, 0.15) is 6.04 Å². The van der Waals surface area contributed by atoms with Gasteiger partial charge in [0, 0.05) is 13.5 Å². The van der Waals surface area contributed by atoms with Crippen molar-refractivity contribution in [2.75, 3.05) is 20.1 Å². The maximum absolute atomic E-state index is 11.9. The zero-order valence-corrected chi connectivity index (χ0v) is 12.3. The summed E-state index contributed by atoms with van der Waals surface area (Å²) < 4.78 is 0. The molecule has 0 aliphatic carbocycles. The van der Waals surface area contributed by atoms with Crippen LogP contribution in [0, 0.1) is 11.8 Å². The van der Waals surface area contributed by atoms with Crippen molar-refractivity contribution in [1.82, 2.24) is 16.0 Å². The van der Waals surface area contributed by atoms with Crippen LogP contribution in [-0.4, -0.2) is 38.0 Å². The third kappa shape index (κ3) is 6.05. The summed E-state index contributed by atoms with van der Waals surface area (Å²) in [6.07, 6.45) is 3.24. The van der Waals surface area contributed by atoms with Crippen molar-refractivity contribution in [2.24, 2.45) is 11.8 Å². The summed E-state index contributed by atoms with van der Waals surface area (Å²) in [7, 11) is 1.60. The molecule has 2 atom stereocenters. The summed E-state index contributed by atoms with van der Waals surface area (Å²) in [6.45, 7) is 6.16. The van der Waals surface area contributed by atoms with Gasteiger partial charge in [0.25, 0.3) is 0 Å². The van der Waals surface area contributed by atoms with Crippen molar-refractivity contribution in [3.8, 4) is 0 Å². The quantitative estimate of drug-likeness (QED) is 0.635. The number of rotatable bonds is 7. The maximum Gasteiger partial charge on any atom is 0.242 e. The van der Waals surface area contributed by atoms with E-state index in [1.807, 2.05) is 13.8 Å². The van der Waals surface area contributed by atoms with E-state index in [-0.39, 0.29) is 11.8 Å². The molecule has 19 heavy (non-hydrogen) atoms. The molecule has 1 fully saturated rings. The van der Waals surface area contributed by atoms with Crippen LogP contribution in [0.4, 0.5) is 0 Å². The predicted molar refractivity (Wildman–Crippen MR) is 75.7 cm³/mol. The predicted octanol–water partition coefficient (Wildman–Crippen LogP) is 0.653. The van der Waals surface area contributed by atoms with E-state index in [2.05, 4.69) is 16.0 Å². The first kappa shape index (κ1) is 16.0. The standard InChI is InChI=1S/C14H27N3O2/c1-10(2)8-12(14(19)15-3)17-13(18)5-4-11-6-7-16-9-11/h10-12,16H,4-9H2,1-3H3,(H,15,19)(H,17,18). The molecular formula is C14H27N3O2. The summed E-state index contributed by atoms with van der Waals surface area (Å²) in [6, 6.07) is -0.404. The fraction of sp³-hybridized carbons (Fsp3) is 0.857. The minimum Gasteiger partial charge on any atom is -0.357 e. The van der Waals surface area contributed by atoms with E-state index in [4.69, 9.17) is 0 Å². The van der Waals surface area contributed by atoms with E-state index in [0.717, 1.165) is 25.9 Å². The minimum atomic E-state index is -0.404. The van der Waals surface area contributed by atoms with Crippen molar-refractivity contribution in [3.63, 3.8) is 0 Å². The van der Waals surface area contributed by atoms with Gasteiger partial charge in [-0.2, -0.15) is 0 Å². The number of hydrogen-bond donors (Lipinski definition) is 3. The first-order chi connectivity index (χ1) is 9.02. The lowest BCUT2D eigenvalue weighted by Crippen LogP contribution is -2.46. The summed E-state index contributed by atoms with van der Waals surface area (Å²) in [5, 5.41) is 8.76. The molecule has 1 aliphatic rings. The van der Waals surface area contributed by atoms with E-state index < -0.39 is 6.04 Å². The summed E-state index contributed by atoms with van der Waals surface area (Å²) in [4.78, 5) is 23.6. The molecule has 0 aromatic rings. The molecule has 0 saturated carbocycles. The van der Waals surface area contributed by atoms with Crippen molar-refractivity contribution >= 4 is 11.8 Å². The van der Waals surface area contributed by atoms with E-state index in [0.29, 0.717) is 24.7 Å². The van der Waals surface area contributed by atoms with Gasteiger partial charge < -0.3 is 16.0 Å². The zero-order chi connectivity index (χ0) is 14.3.